The van der Waals surface area contributed by atoms with E-state index in [9.17, 15) is 9.90 Å². The first kappa shape index (κ1) is 12.5. The van der Waals surface area contributed by atoms with E-state index in [0.717, 1.165) is 0 Å². The van der Waals surface area contributed by atoms with Crippen LogP contribution < -0.4 is 11.3 Å². The van der Waals surface area contributed by atoms with E-state index in [1.54, 1.807) is 4.57 Å². The van der Waals surface area contributed by atoms with Crippen LogP contribution in [0.4, 0.5) is 5.95 Å². The number of aromatic amines is 1. The number of H-pyrrole nitrogens is 1. The Morgan fingerprint density at radius 3 is 3.11 bits per heavy atom. The van der Waals surface area contributed by atoms with Crippen LogP contribution in [0.25, 0.3) is 11.2 Å². The fourth-order valence-electron chi connectivity index (χ4n) is 2.23. The molecular formula is C10H13N5O3S. The second kappa shape index (κ2) is 4.51. The monoisotopic (exact) mass is 283 g/mol. The van der Waals surface area contributed by atoms with Gasteiger partial charge in [0.05, 0.1) is 19.0 Å². The highest BCUT2D eigenvalue weighted by atomic mass is 32.2. The van der Waals surface area contributed by atoms with Crippen molar-refractivity contribution < 1.29 is 10.2 Å². The predicted octanol–water partition coefficient (Wildman–Crippen LogP) is -0.941. The van der Waals surface area contributed by atoms with Crippen LogP contribution in [-0.4, -0.2) is 47.7 Å². The summed E-state index contributed by atoms with van der Waals surface area (Å²) in [6.45, 7) is 0.000999. The number of aliphatic hydroxyl groups is 2. The van der Waals surface area contributed by atoms with Crippen LogP contribution >= 0.6 is 11.8 Å². The third kappa shape index (κ3) is 1.99. The topological polar surface area (TPSA) is 130 Å². The number of thioether (sulfide) groups is 1. The van der Waals surface area contributed by atoms with Gasteiger partial charge >= 0.3 is 0 Å². The van der Waals surface area contributed by atoms with Gasteiger partial charge in [0.2, 0.25) is 5.95 Å². The van der Waals surface area contributed by atoms with E-state index < -0.39 is 11.7 Å². The van der Waals surface area contributed by atoms with Gasteiger partial charge < -0.3 is 15.9 Å². The number of imidazole rings is 1. The molecule has 1 saturated heterocycles. The molecule has 0 bridgehead atoms. The first-order valence-electron chi connectivity index (χ1n) is 5.77. The Morgan fingerprint density at radius 2 is 2.42 bits per heavy atom. The Morgan fingerprint density at radius 1 is 1.63 bits per heavy atom. The zero-order valence-electron chi connectivity index (χ0n) is 9.85. The van der Waals surface area contributed by atoms with Crippen LogP contribution in [0.5, 0.6) is 0 Å². The lowest BCUT2D eigenvalue weighted by molar-refractivity contribution is 0.144. The van der Waals surface area contributed by atoms with Crippen LogP contribution in [0.1, 0.15) is 11.8 Å². The maximum absolute atomic E-state index is 11.7. The molecule has 2 aromatic heterocycles. The lowest BCUT2D eigenvalue weighted by Gasteiger charge is -2.15. The maximum atomic E-state index is 11.7. The molecule has 0 unspecified atom stereocenters. The molecular weight excluding hydrogens is 270 g/mol. The number of nitrogen functional groups attached to an aromatic ring is 1. The molecule has 1 aliphatic rings. The molecule has 0 aromatic carbocycles. The zero-order valence-corrected chi connectivity index (χ0v) is 10.7. The highest BCUT2D eigenvalue weighted by Crippen LogP contribution is 2.42. The molecule has 0 spiro atoms. The van der Waals surface area contributed by atoms with Crippen LogP contribution in [0.3, 0.4) is 0 Å². The van der Waals surface area contributed by atoms with Gasteiger partial charge in [-0.15, -0.1) is 11.8 Å². The SMILES string of the molecule is Nc1nc2c(ncn2[C@@H]2S[C@H](CO)C[C@H]2O)c(=O)[nH]1. The molecule has 3 rings (SSSR count). The molecule has 8 nitrogen and oxygen atoms in total. The van der Waals surface area contributed by atoms with Crippen molar-refractivity contribution in [2.24, 2.45) is 0 Å². The van der Waals surface area contributed by atoms with Crippen molar-refractivity contribution in [3.05, 3.63) is 16.7 Å². The lowest BCUT2D eigenvalue weighted by atomic mass is 10.2. The number of hydrogen-bond acceptors (Lipinski definition) is 7. The molecule has 2 aromatic rings. The van der Waals surface area contributed by atoms with Gasteiger partial charge in [0.1, 0.15) is 5.37 Å². The van der Waals surface area contributed by atoms with Crippen LogP contribution in [0, 0.1) is 0 Å². The van der Waals surface area contributed by atoms with Gasteiger partial charge in [-0.1, -0.05) is 0 Å². The first-order chi connectivity index (χ1) is 9.10. The van der Waals surface area contributed by atoms with Crippen LogP contribution in [0.2, 0.25) is 0 Å². The lowest BCUT2D eigenvalue weighted by Crippen LogP contribution is -2.18. The van der Waals surface area contributed by atoms with Gasteiger partial charge in [-0.2, -0.15) is 4.98 Å². The van der Waals surface area contributed by atoms with E-state index in [4.69, 9.17) is 10.8 Å². The van der Waals surface area contributed by atoms with Crippen molar-refractivity contribution in [1.29, 1.82) is 0 Å². The average Bonchev–Trinajstić information content (AvgIpc) is 2.92. The smallest absolute Gasteiger partial charge is 0.280 e. The van der Waals surface area contributed by atoms with Crippen molar-refractivity contribution in [2.75, 3.05) is 12.3 Å². The average molecular weight is 283 g/mol. The normalized spacial score (nSPS) is 27.2. The second-order valence-electron chi connectivity index (χ2n) is 4.41. The van der Waals surface area contributed by atoms with Crippen molar-refractivity contribution in [3.8, 4) is 0 Å². The Hall–Kier alpha value is -1.58. The van der Waals surface area contributed by atoms with Gasteiger partial charge in [0.15, 0.2) is 11.2 Å². The van der Waals surface area contributed by atoms with E-state index in [2.05, 4.69) is 15.0 Å². The molecule has 0 saturated carbocycles. The fourth-order valence-corrected chi connectivity index (χ4v) is 3.59. The number of aromatic nitrogens is 4. The number of fused-ring (bicyclic) bond motifs is 1. The second-order valence-corrected chi connectivity index (χ2v) is 5.83. The molecule has 0 radical (unpaired) electrons. The summed E-state index contributed by atoms with van der Waals surface area (Å²) in [6.07, 6.45) is 1.33. The van der Waals surface area contributed by atoms with Crippen molar-refractivity contribution in [2.45, 2.75) is 23.1 Å². The van der Waals surface area contributed by atoms with Crippen LogP contribution in [-0.2, 0) is 0 Å². The van der Waals surface area contributed by atoms with E-state index in [1.807, 2.05) is 0 Å². The minimum absolute atomic E-state index is 0.000999. The third-order valence-corrected chi connectivity index (χ3v) is 4.64. The van der Waals surface area contributed by atoms with Crippen molar-refractivity contribution in [3.63, 3.8) is 0 Å². The summed E-state index contributed by atoms with van der Waals surface area (Å²) >= 11 is 1.43. The highest BCUT2D eigenvalue weighted by molar-refractivity contribution is 8.00. The van der Waals surface area contributed by atoms with Gasteiger partial charge in [0.25, 0.3) is 5.56 Å². The van der Waals surface area contributed by atoms with Gasteiger partial charge in [-0.3, -0.25) is 14.3 Å². The molecule has 0 amide bonds. The minimum Gasteiger partial charge on any atom is -0.395 e. The van der Waals surface area contributed by atoms with Gasteiger partial charge in [-0.25, -0.2) is 4.98 Å². The molecule has 1 fully saturated rings. The summed E-state index contributed by atoms with van der Waals surface area (Å²) in [4.78, 5) is 22.1. The zero-order chi connectivity index (χ0) is 13.6. The number of nitrogens with two attached hydrogens (primary N) is 1. The summed E-state index contributed by atoms with van der Waals surface area (Å²) in [5, 5.41) is 18.8. The predicted molar refractivity (Wildman–Crippen MR) is 70.7 cm³/mol. The first-order valence-corrected chi connectivity index (χ1v) is 6.71. The summed E-state index contributed by atoms with van der Waals surface area (Å²) in [5.74, 6) is 0.00967. The molecule has 102 valence electrons. The summed E-state index contributed by atoms with van der Waals surface area (Å²) < 4.78 is 1.63. The minimum atomic E-state index is -0.623. The number of anilines is 1. The highest BCUT2D eigenvalue weighted by Gasteiger charge is 2.35. The van der Waals surface area contributed by atoms with Crippen LogP contribution in [0.15, 0.2) is 11.1 Å². The Balaban J connectivity index is 2.09. The number of nitrogens with zero attached hydrogens (tertiary/aromatic N) is 3. The summed E-state index contributed by atoms with van der Waals surface area (Å²) in [6, 6.07) is 0. The van der Waals surface area contributed by atoms with E-state index in [-0.39, 0.29) is 28.7 Å². The van der Waals surface area contributed by atoms with Gasteiger partial charge in [-0.05, 0) is 6.42 Å². The molecule has 1 aliphatic heterocycles. The molecule has 9 heteroatoms. The summed E-state index contributed by atoms with van der Waals surface area (Å²) in [5.41, 5.74) is 5.65. The quantitative estimate of drug-likeness (QED) is 0.559. The van der Waals surface area contributed by atoms with Crippen molar-refractivity contribution >= 4 is 28.9 Å². The largest absolute Gasteiger partial charge is 0.395 e. The fraction of sp³-hybridized carbons (Fsp3) is 0.500. The van der Waals surface area contributed by atoms with E-state index >= 15 is 0 Å². The number of rotatable bonds is 2. The molecule has 0 aliphatic carbocycles. The number of hydrogen-bond donors (Lipinski definition) is 4. The maximum Gasteiger partial charge on any atom is 0.280 e. The standard InChI is InChI=1S/C10H13N5O3S/c11-10-13-7-6(8(18)14-10)12-3-15(7)9-5(17)1-4(2-16)19-9/h3-5,9,16-17H,1-2H2,(H3,11,13,14,18)/t4-,5+,9+/m0/s1. The van der Waals surface area contributed by atoms with Gasteiger partial charge in [0, 0.05) is 5.25 Å². The third-order valence-electron chi connectivity index (χ3n) is 3.09. The van der Waals surface area contributed by atoms with E-state index in [1.165, 1.54) is 18.1 Å². The Labute approximate surface area is 111 Å². The van der Waals surface area contributed by atoms with E-state index in [0.29, 0.717) is 12.1 Å². The molecule has 3 atom stereocenters. The summed E-state index contributed by atoms with van der Waals surface area (Å²) in [7, 11) is 0. The number of nitrogens with one attached hydrogen (secondary N) is 1. The molecule has 5 N–H and O–H groups in total. The molecule has 19 heavy (non-hydrogen) atoms. The Kier molecular flexibility index (Phi) is 2.96. The Bertz CT molecular complexity index is 669. The number of aliphatic hydroxyl groups excluding tert-OH is 2. The van der Waals surface area contributed by atoms with Crippen molar-refractivity contribution in [1.82, 2.24) is 19.5 Å². The molecule has 3 heterocycles.